The van der Waals surface area contributed by atoms with Crippen LogP contribution in [-0.4, -0.2) is 53.7 Å². The molecule has 0 amide bonds. The van der Waals surface area contributed by atoms with Gasteiger partial charge < -0.3 is 15.5 Å². The summed E-state index contributed by atoms with van der Waals surface area (Å²) in [7, 11) is 0. The van der Waals surface area contributed by atoms with Crippen LogP contribution in [-0.2, 0) is 0 Å². The van der Waals surface area contributed by atoms with Crippen LogP contribution in [0.2, 0.25) is 0 Å². The predicted molar refractivity (Wildman–Crippen MR) is 83.3 cm³/mol. The van der Waals surface area contributed by atoms with Crippen LogP contribution in [0, 0.1) is 5.41 Å². The Hall–Kier alpha value is -1.69. The summed E-state index contributed by atoms with van der Waals surface area (Å²) in [4.78, 5) is 4.53. The highest BCUT2D eigenvalue weighted by Gasteiger charge is 2.13. The van der Waals surface area contributed by atoms with E-state index in [-0.39, 0.29) is 5.84 Å². The van der Waals surface area contributed by atoms with Crippen LogP contribution in [0.1, 0.15) is 32.8 Å². The van der Waals surface area contributed by atoms with Crippen molar-refractivity contribution in [2.24, 2.45) is 5.73 Å². The van der Waals surface area contributed by atoms with Gasteiger partial charge in [-0.1, -0.05) is 13.8 Å². The normalized spacial score (nSPS) is 10.8. The number of anilines is 1. The maximum Gasteiger partial charge on any atom is 0.162 e. The van der Waals surface area contributed by atoms with Gasteiger partial charge in [-0.15, -0.1) is 5.10 Å². The highest BCUT2D eigenvalue weighted by molar-refractivity contribution is 5.99. The standard InChI is InChI=1S/C14H26N6/c1-4-19(5-2)10-7-11-20(6-3)14-12(13(15)16)8-9-17-18-14/h8-9H,4-7,10-11H2,1-3H3,(H3,15,16). The van der Waals surface area contributed by atoms with Crippen LogP contribution in [0.4, 0.5) is 5.82 Å². The second kappa shape index (κ2) is 8.47. The fourth-order valence-electron chi connectivity index (χ4n) is 2.21. The van der Waals surface area contributed by atoms with E-state index in [1.54, 1.807) is 12.3 Å². The minimum atomic E-state index is 0.0390. The fraction of sp³-hybridized carbons (Fsp3) is 0.643. The zero-order valence-electron chi connectivity index (χ0n) is 12.8. The van der Waals surface area contributed by atoms with E-state index in [4.69, 9.17) is 11.1 Å². The molecule has 0 aromatic carbocycles. The molecule has 1 heterocycles. The average molecular weight is 278 g/mol. The van der Waals surface area contributed by atoms with E-state index in [0.717, 1.165) is 39.1 Å². The van der Waals surface area contributed by atoms with Gasteiger partial charge in [-0.2, -0.15) is 5.10 Å². The minimum Gasteiger partial charge on any atom is -0.384 e. The number of hydrogen-bond donors (Lipinski definition) is 2. The van der Waals surface area contributed by atoms with E-state index in [1.165, 1.54) is 0 Å². The van der Waals surface area contributed by atoms with Crippen molar-refractivity contribution in [1.82, 2.24) is 15.1 Å². The number of nitrogen functional groups attached to an aromatic ring is 1. The highest BCUT2D eigenvalue weighted by atomic mass is 15.3. The number of amidine groups is 1. The first-order chi connectivity index (χ1) is 9.63. The molecule has 0 unspecified atom stereocenters. The number of nitrogens with zero attached hydrogens (tertiary/aromatic N) is 4. The lowest BCUT2D eigenvalue weighted by atomic mass is 10.2. The number of nitrogens with one attached hydrogen (secondary N) is 1. The molecule has 6 heteroatoms. The summed E-state index contributed by atoms with van der Waals surface area (Å²) in [6.45, 7) is 11.4. The Morgan fingerprint density at radius 1 is 1.20 bits per heavy atom. The molecule has 0 spiro atoms. The first-order valence-electron chi connectivity index (χ1n) is 7.27. The van der Waals surface area contributed by atoms with Crippen LogP contribution < -0.4 is 10.6 Å². The van der Waals surface area contributed by atoms with Crippen molar-refractivity contribution in [2.75, 3.05) is 37.6 Å². The maximum atomic E-state index is 7.62. The van der Waals surface area contributed by atoms with Gasteiger partial charge in [0.2, 0.25) is 0 Å². The summed E-state index contributed by atoms with van der Waals surface area (Å²) < 4.78 is 0. The van der Waals surface area contributed by atoms with Crippen molar-refractivity contribution < 1.29 is 0 Å². The van der Waals surface area contributed by atoms with Crippen LogP contribution in [0.25, 0.3) is 0 Å². The summed E-state index contributed by atoms with van der Waals surface area (Å²) in [6, 6.07) is 1.75. The summed E-state index contributed by atoms with van der Waals surface area (Å²) in [5.74, 6) is 0.749. The molecule has 20 heavy (non-hydrogen) atoms. The van der Waals surface area contributed by atoms with E-state index >= 15 is 0 Å². The molecule has 0 saturated heterocycles. The predicted octanol–water partition coefficient (Wildman–Crippen LogP) is 1.32. The molecule has 112 valence electrons. The van der Waals surface area contributed by atoms with Crippen molar-refractivity contribution in [1.29, 1.82) is 5.41 Å². The van der Waals surface area contributed by atoms with Gasteiger partial charge in [-0.3, -0.25) is 5.41 Å². The van der Waals surface area contributed by atoms with Gasteiger partial charge in [-0.25, -0.2) is 0 Å². The molecule has 0 fully saturated rings. The molecule has 0 bridgehead atoms. The van der Waals surface area contributed by atoms with E-state index in [0.29, 0.717) is 11.4 Å². The maximum absolute atomic E-state index is 7.62. The zero-order chi connectivity index (χ0) is 15.0. The monoisotopic (exact) mass is 278 g/mol. The van der Waals surface area contributed by atoms with E-state index in [1.807, 2.05) is 0 Å². The lowest BCUT2D eigenvalue weighted by Crippen LogP contribution is -2.32. The minimum absolute atomic E-state index is 0.0390. The van der Waals surface area contributed by atoms with Crippen LogP contribution in [0.3, 0.4) is 0 Å². The van der Waals surface area contributed by atoms with Crippen molar-refractivity contribution >= 4 is 11.7 Å². The second-order valence-corrected chi connectivity index (χ2v) is 4.64. The van der Waals surface area contributed by atoms with Gasteiger partial charge in [0.1, 0.15) is 5.84 Å². The third-order valence-corrected chi connectivity index (χ3v) is 3.47. The lowest BCUT2D eigenvalue weighted by Gasteiger charge is -2.25. The van der Waals surface area contributed by atoms with E-state index in [2.05, 4.69) is 40.8 Å². The van der Waals surface area contributed by atoms with Crippen molar-refractivity contribution in [3.8, 4) is 0 Å². The second-order valence-electron chi connectivity index (χ2n) is 4.64. The summed E-state index contributed by atoms with van der Waals surface area (Å²) >= 11 is 0. The van der Waals surface area contributed by atoms with Crippen molar-refractivity contribution in [3.05, 3.63) is 17.8 Å². The SMILES string of the molecule is CCN(CC)CCCN(CC)c1nnccc1C(=N)N. The molecule has 0 aliphatic heterocycles. The van der Waals surface area contributed by atoms with Gasteiger partial charge in [0.15, 0.2) is 5.82 Å². The number of nitrogens with two attached hydrogens (primary N) is 1. The number of aromatic nitrogens is 2. The van der Waals surface area contributed by atoms with Crippen LogP contribution >= 0.6 is 0 Å². The topological polar surface area (TPSA) is 82.1 Å². The molecular weight excluding hydrogens is 252 g/mol. The Bertz CT molecular complexity index is 416. The Morgan fingerprint density at radius 2 is 1.90 bits per heavy atom. The first-order valence-corrected chi connectivity index (χ1v) is 7.27. The van der Waals surface area contributed by atoms with Crippen LogP contribution in [0.15, 0.2) is 12.3 Å². The summed E-state index contributed by atoms with van der Waals surface area (Å²) in [6.07, 6.45) is 2.63. The molecule has 0 aliphatic carbocycles. The number of hydrogen-bond acceptors (Lipinski definition) is 5. The quantitative estimate of drug-likeness (QED) is 0.526. The molecule has 6 nitrogen and oxygen atoms in total. The first kappa shape index (κ1) is 16.4. The highest BCUT2D eigenvalue weighted by Crippen LogP contribution is 2.15. The van der Waals surface area contributed by atoms with Gasteiger partial charge in [-0.05, 0) is 39.0 Å². The Balaban J connectivity index is 2.69. The van der Waals surface area contributed by atoms with E-state index in [9.17, 15) is 0 Å². The Morgan fingerprint density at radius 3 is 2.45 bits per heavy atom. The lowest BCUT2D eigenvalue weighted by molar-refractivity contribution is 0.300. The smallest absolute Gasteiger partial charge is 0.162 e. The third-order valence-electron chi connectivity index (χ3n) is 3.47. The summed E-state index contributed by atoms with van der Waals surface area (Å²) in [5.41, 5.74) is 6.26. The largest absolute Gasteiger partial charge is 0.384 e. The average Bonchev–Trinajstić information content (AvgIpc) is 2.47. The summed E-state index contributed by atoms with van der Waals surface area (Å²) in [5, 5.41) is 15.7. The Kier molecular flexibility index (Phi) is 6.93. The zero-order valence-corrected chi connectivity index (χ0v) is 12.8. The molecule has 0 radical (unpaired) electrons. The molecule has 0 aliphatic rings. The van der Waals surface area contributed by atoms with Gasteiger partial charge in [0, 0.05) is 13.1 Å². The van der Waals surface area contributed by atoms with Crippen molar-refractivity contribution in [3.63, 3.8) is 0 Å². The molecule has 1 rings (SSSR count). The molecule has 3 N–H and O–H groups in total. The van der Waals surface area contributed by atoms with Crippen molar-refractivity contribution in [2.45, 2.75) is 27.2 Å². The van der Waals surface area contributed by atoms with Gasteiger partial charge in [0.25, 0.3) is 0 Å². The molecule has 0 atom stereocenters. The van der Waals surface area contributed by atoms with Gasteiger partial charge >= 0.3 is 0 Å². The van der Waals surface area contributed by atoms with Gasteiger partial charge in [0.05, 0.1) is 11.8 Å². The Labute approximate surface area is 121 Å². The molecule has 1 aromatic heterocycles. The number of rotatable bonds is 9. The molecule has 0 saturated carbocycles. The van der Waals surface area contributed by atoms with Crippen LogP contribution in [0.5, 0.6) is 0 Å². The fourth-order valence-corrected chi connectivity index (χ4v) is 2.21. The third kappa shape index (κ3) is 4.45. The molecular formula is C14H26N6. The van der Waals surface area contributed by atoms with E-state index < -0.39 is 0 Å². The molecule has 1 aromatic rings.